The van der Waals surface area contributed by atoms with E-state index in [1.54, 1.807) is 18.3 Å². The van der Waals surface area contributed by atoms with Crippen LogP contribution in [-0.4, -0.2) is 24.5 Å². The molecule has 1 amide bonds. The molecule has 5 heteroatoms. The van der Waals surface area contributed by atoms with Crippen LogP contribution in [0, 0.1) is 0 Å². The number of nitrogens with one attached hydrogen (secondary N) is 1. The number of nitrogens with two attached hydrogens (primary N) is 1. The Morgan fingerprint density at radius 2 is 2.54 bits per heavy atom. The first-order valence-corrected chi connectivity index (χ1v) is 3.75. The van der Waals surface area contributed by atoms with Gasteiger partial charge in [0.25, 0.3) is 0 Å². The van der Waals surface area contributed by atoms with E-state index < -0.39 is 5.91 Å². The largest absolute Gasteiger partial charge is 0.493 e. The number of anilines is 1. The molecule has 13 heavy (non-hydrogen) atoms. The van der Waals surface area contributed by atoms with E-state index >= 15 is 0 Å². The molecule has 0 bridgehead atoms. The molecule has 1 aromatic rings. The lowest BCUT2D eigenvalue weighted by Gasteiger charge is -2.07. The zero-order chi connectivity index (χ0) is 9.68. The van der Waals surface area contributed by atoms with Crippen LogP contribution in [0.2, 0.25) is 0 Å². The molecular weight excluding hydrogens is 170 g/mol. The Hall–Kier alpha value is -1.78. The molecule has 0 aliphatic carbocycles. The molecule has 0 saturated heterocycles. The number of hydrogen-bond donors (Lipinski definition) is 2. The van der Waals surface area contributed by atoms with Crippen molar-refractivity contribution in [3.8, 4) is 5.75 Å². The fourth-order valence-electron chi connectivity index (χ4n) is 0.859. The molecule has 1 heterocycles. The number of aromatic nitrogens is 1. The predicted molar refractivity (Wildman–Crippen MR) is 48.5 cm³/mol. The minimum Gasteiger partial charge on any atom is -0.493 e. The predicted octanol–water partition coefficient (Wildman–Crippen LogP) is -0.0126. The van der Waals surface area contributed by atoms with Gasteiger partial charge in [-0.05, 0) is 12.1 Å². The number of ether oxygens (including phenoxy) is 1. The second-order valence-electron chi connectivity index (χ2n) is 2.37. The molecule has 5 nitrogen and oxygen atoms in total. The fourth-order valence-corrected chi connectivity index (χ4v) is 0.859. The molecule has 0 radical (unpaired) electrons. The molecule has 0 unspecified atom stereocenters. The molecule has 0 aromatic carbocycles. The van der Waals surface area contributed by atoms with Crippen molar-refractivity contribution in [1.29, 1.82) is 0 Å². The number of amides is 1. The van der Waals surface area contributed by atoms with E-state index in [0.717, 1.165) is 0 Å². The molecule has 0 aliphatic heterocycles. The van der Waals surface area contributed by atoms with Crippen molar-refractivity contribution < 1.29 is 9.53 Å². The summed E-state index contributed by atoms with van der Waals surface area (Å²) in [5.74, 6) is 0.667. The lowest BCUT2D eigenvalue weighted by Crippen LogP contribution is -2.22. The first kappa shape index (κ1) is 9.31. The molecule has 3 N–H and O–H groups in total. The lowest BCUT2D eigenvalue weighted by atomic mass is 10.4. The summed E-state index contributed by atoms with van der Waals surface area (Å²) in [6.45, 7) is 0.0490. The number of carbonyl (C=O) groups is 1. The van der Waals surface area contributed by atoms with Crippen LogP contribution in [0.25, 0.3) is 0 Å². The molecule has 0 fully saturated rings. The average Bonchev–Trinajstić information content (AvgIpc) is 2.15. The van der Waals surface area contributed by atoms with Crippen molar-refractivity contribution in [2.75, 3.05) is 19.0 Å². The van der Waals surface area contributed by atoms with Gasteiger partial charge in [-0.15, -0.1) is 0 Å². The van der Waals surface area contributed by atoms with Gasteiger partial charge in [0.05, 0.1) is 13.7 Å². The monoisotopic (exact) mass is 181 g/mol. The van der Waals surface area contributed by atoms with Crippen molar-refractivity contribution in [2.45, 2.75) is 0 Å². The maximum atomic E-state index is 10.5. The van der Waals surface area contributed by atoms with Crippen LogP contribution < -0.4 is 15.8 Å². The summed E-state index contributed by atoms with van der Waals surface area (Å²) in [5, 5.41) is 2.75. The van der Waals surface area contributed by atoms with Gasteiger partial charge in [0.1, 0.15) is 0 Å². The normalized spacial score (nSPS) is 9.31. The number of carbonyl (C=O) groups excluding carboxylic acids is 1. The summed E-state index contributed by atoms with van der Waals surface area (Å²) in [7, 11) is 1.53. The van der Waals surface area contributed by atoms with Gasteiger partial charge in [-0.2, -0.15) is 0 Å². The van der Waals surface area contributed by atoms with E-state index in [1.807, 2.05) is 0 Å². The second kappa shape index (κ2) is 4.30. The Bertz CT molecular complexity index is 301. The maximum absolute atomic E-state index is 10.5. The topological polar surface area (TPSA) is 77.2 Å². The van der Waals surface area contributed by atoms with Gasteiger partial charge in [-0.1, -0.05) is 0 Å². The van der Waals surface area contributed by atoms with Crippen LogP contribution in [0.1, 0.15) is 0 Å². The van der Waals surface area contributed by atoms with Crippen LogP contribution >= 0.6 is 0 Å². The number of hydrogen-bond acceptors (Lipinski definition) is 4. The summed E-state index contributed by atoms with van der Waals surface area (Å²) >= 11 is 0. The van der Waals surface area contributed by atoms with Crippen molar-refractivity contribution in [3.63, 3.8) is 0 Å². The lowest BCUT2D eigenvalue weighted by molar-refractivity contribution is -0.116. The third-order valence-corrected chi connectivity index (χ3v) is 1.42. The molecule has 0 aliphatic rings. The number of nitrogens with zero attached hydrogens (tertiary/aromatic N) is 1. The standard InChI is InChI=1S/C8H11N3O2/c1-13-6-3-2-4-10-8(6)11-5-7(9)12/h2-4H,5H2,1H3,(H2,9,12)(H,10,11). The summed E-state index contributed by atoms with van der Waals surface area (Å²) in [4.78, 5) is 14.4. The van der Waals surface area contributed by atoms with Gasteiger partial charge < -0.3 is 15.8 Å². The molecule has 1 rings (SSSR count). The third-order valence-electron chi connectivity index (χ3n) is 1.42. The summed E-state index contributed by atoms with van der Waals surface area (Å²) in [6, 6.07) is 3.49. The highest BCUT2D eigenvalue weighted by Gasteiger charge is 2.02. The van der Waals surface area contributed by atoms with Gasteiger partial charge in [-0.3, -0.25) is 4.79 Å². The quantitative estimate of drug-likeness (QED) is 0.684. The van der Waals surface area contributed by atoms with Gasteiger partial charge in [-0.25, -0.2) is 4.98 Å². The van der Waals surface area contributed by atoms with E-state index in [4.69, 9.17) is 10.5 Å². The molecule has 70 valence electrons. The Labute approximate surface area is 75.9 Å². The number of rotatable bonds is 4. The van der Waals surface area contributed by atoms with Gasteiger partial charge in [0.15, 0.2) is 11.6 Å². The van der Waals surface area contributed by atoms with Gasteiger partial charge in [0, 0.05) is 6.20 Å². The molecule has 0 spiro atoms. The van der Waals surface area contributed by atoms with Crippen molar-refractivity contribution in [2.24, 2.45) is 5.73 Å². The van der Waals surface area contributed by atoms with E-state index in [-0.39, 0.29) is 6.54 Å². The van der Waals surface area contributed by atoms with Crippen LogP contribution in [0.5, 0.6) is 5.75 Å². The Morgan fingerprint density at radius 1 is 1.77 bits per heavy atom. The van der Waals surface area contributed by atoms with Gasteiger partial charge >= 0.3 is 0 Å². The first-order valence-electron chi connectivity index (χ1n) is 3.75. The smallest absolute Gasteiger partial charge is 0.236 e. The van der Waals surface area contributed by atoms with Crippen LogP contribution in [0.15, 0.2) is 18.3 Å². The Morgan fingerprint density at radius 3 is 3.15 bits per heavy atom. The van der Waals surface area contributed by atoms with Gasteiger partial charge in [0.2, 0.25) is 5.91 Å². The summed E-state index contributed by atoms with van der Waals surface area (Å²) in [5.41, 5.74) is 4.96. The SMILES string of the molecule is COc1cccnc1NCC(N)=O. The second-order valence-corrected chi connectivity index (χ2v) is 2.37. The molecule has 0 saturated carbocycles. The highest BCUT2D eigenvalue weighted by Crippen LogP contribution is 2.19. The number of pyridine rings is 1. The fraction of sp³-hybridized carbons (Fsp3) is 0.250. The van der Waals surface area contributed by atoms with E-state index in [0.29, 0.717) is 11.6 Å². The highest BCUT2D eigenvalue weighted by atomic mass is 16.5. The molecule has 0 atom stereocenters. The summed E-state index contributed by atoms with van der Waals surface area (Å²) < 4.78 is 5.00. The summed E-state index contributed by atoms with van der Waals surface area (Å²) in [6.07, 6.45) is 1.60. The zero-order valence-corrected chi connectivity index (χ0v) is 7.28. The number of methoxy groups -OCH3 is 1. The van der Waals surface area contributed by atoms with Crippen LogP contribution in [0.4, 0.5) is 5.82 Å². The number of primary amides is 1. The van der Waals surface area contributed by atoms with Crippen LogP contribution in [-0.2, 0) is 4.79 Å². The zero-order valence-electron chi connectivity index (χ0n) is 7.28. The highest BCUT2D eigenvalue weighted by molar-refractivity contribution is 5.78. The Kier molecular flexibility index (Phi) is 3.08. The minimum atomic E-state index is -0.437. The maximum Gasteiger partial charge on any atom is 0.236 e. The van der Waals surface area contributed by atoms with Crippen molar-refractivity contribution >= 4 is 11.7 Å². The molecular formula is C8H11N3O2. The average molecular weight is 181 g/mol. The van der Waals surface area contributed by atoms with Crippen molar-refractivity contribution in [1.82, 2.24) is 4.98 Å². The van der Waals surface area contributed by atoms with E-state index in [1.165, 1.54) is 7.11 Å². The van der Waals surface area contributed by atoms with E-state index in [9.17, 15) is 4.79 Å². The Balaban J connectivity index is 2.69. The van der Waals surface area contributed by atoms with Crippen molar-refractivity contribution in [3.05, 3.63) is 18.3 Å². The first-order chi connectivity index (χ1) is 6.24. The minimum absolute atomic E-state index is 0.0490. The third kappa shape index (κ3) is 2.62. The van der Waals surface area contributed by atoms with Crippen LogP contribution in [0.3, 0.4) is 0 Å². The molecule has 1 aromatic heterocycles. The van der Waals surface area contributed by atoms with E-state index in [2.05, 4.69) is 10.3 Å².